The molecule has 0 bridgehead atoms. The van der Waals surface area contributed by atoms with Gasteiger partial charge in [-0.15, -0.1) is 10.2 Å². The second kappa shape index (κ2) is 19.4. The normalized spacial score (nSPS) is 21.4. The van der Waals surface area contributed by atoms with Crippen molar-refractivity contribution in [2.24, 2.45) is 0 Å². The molecular formula is C36H51ClN10O6. The van der Waals surface area contributed by atoms with Crippen LogP contribution in [-0.4, -0.2) is 129 Å². The number of aromatic nitrogens is 8. The van der Waals surface area contributed by atoms with E-state index in [1.165, 1.54) is 0 Å². The van der Waals surface area contributed by atoms with Crippen molar-refractivity contribution in [1.29, 1.82) is 0 Å². The maximum absolute atomic E-state index is 6.48. The van der Waals surface area contributed by atoms with E-state index in [4.69, 9.17) is 45.1 Å². The molecule has 2 fully saturated rings. The van der Waals surface area contributed by atoms with Crippen molar-refractivity contribution in [2.75, 3.05) is 65.2 Å². The number of nitrogens with zero attached hydrogens (tertiary/aromatic N) is 9. The summed E-state index contributed by atoms with van der Waals surface area (Å²) < 4.78 is 38.1. The highest BCUT2D eigenvalue weighted by molar-refractivity contribution is 6.32. The van der Waals surface area contributed by atoms with Crippen LogP contribution in [0.2, 0.25) is 5.02 Å². The number of anilines is 2. The number of morpholine rings is 1. The zero-order chi connectivity index (χ0) is 37.0. The fourth-order valence-corrected chi connectivity index (χ4v) is 7.00. The molecule has 0 unspecified atom stereocenters. The van der Waals surface area contributed by atoms with Crippen LogP contribution in [0.3, 0.4) is 0 Å². The third-order valence-corrected chi connectivity index (χ3v) is 9.61. The molecule has 53 heavy (non-hydrogen) atoms. The molecule has 16 nitrogen and oxygen atoms in total. The minimum absolute atomic E-state index is 0.217. The maximum atomic E-state index is 6.48. The van der Waals surface area contributed by atoms with Gasteiger partial charge in [-0.2, -0.15) is 0 Å². The third-order valence-electron chi connectivity index (χ3n) is 9.30. The van der Waals surface area contributed by atoms with Crippen molar-refractivity contribution in [3.05, 3.63) is 48.1 Å². The van der Waals surface area contributed by atoms with E-state index in [0.29, 0.717) is 80.5 Å². The topological polar surface area (TPSA) is 158 Å². The van der Waals surface area contributed by atoms with Gasteiger partial charge in [0, 0.05) is 44.2 Å². The molecule has 0 spiro atoms. The summed E-state index contributed by atoms with van der Waals surface area (Å²) >= 11 is 6.48. The molecule has 0 amide bonds. The van der Waals surface area contributed by atoms with E-state index in [-0.39, 0.29) is 24.4 Å². The van der Waals surface area contributed by atoms with Crippen molar-refractivity contribution < 1.29 is 28.4 Å². The highest BCUT2D eigenvalue weighted by atomic mass is 35.5. The lowest BCUT2D eigenvalue weighted by atomic mass is 9.89. The molecule has 1 aromatic carbocycles. The smallest absolute Gasteiger partial charge is 0.257 e. The highest BCUT2D eigenvalue weighted by Gasteiger charge is 2.32. The van der Waals surface area contributed by atoms with Gasteiger partial charge < -0.3 is 33.7 Å². The molecule has 1 saturated heterocycles. The predicted octanol–water partition coefficient (Wildman–Crippen LogP) is 4.84. The number of ether oxygens (including phenoxy) is 6. The molecule has 0 radical (unpaired) electrons. The van der Waals surface area contributed by atoms with Crippen LogP contribution < -0.4 is 14.8 Å². The summed E-state index contributed by atoms with van der Waals surface area (Å²) in [5.41, 5.74) is 2.36. The first-order valence-electron chi connectivity index (χ1n) is 18.4. The molecule has 1 aliphatic carbocycles. The first kappa shape index (κ1) is 38.8. The van der Waals surface area contributed by atoms with Gasteiger partial charge in [-0.05, 0) is 74.6 Å². The van der Waals surface area contributed by atoms with Gasteiger partial charge in [0.05, 0.1) is 69.0 Å². The van der Waals surface area contributed by atoms with Gasteiger partial charge in [-0.3, -0.25) is 9.58 Å². The van der Waals surface area contributed by atoms with E-state index in [9.17, 15) is 0 Å². The molecule has 17 heteroatoms. The summed E-state index contributed by atoms with van der Waals surface area (Å²) in [5.74, 6) is 1.44. The minimum Gasteiger partial charge on any atom is -0.487 e. The van der Waals surface area contributed by atoms with Crippen LogP contribution in [-0.2, 0) is 25.5 Å². The number of tetrazole rings is 1. The van der Waals surface area contributed by atoms with Crippen LogP contribution in [0, 0.1) is 0 Å². The van der Waals surface area contributed by atoms with E-state index in [1.54, 1.807) is 36.6 Å². The summed E-state index contributed by atoms with van der Waals surface area (Å²) in [6.45, 7) is 11.5. The molecule has 4 aromatic rings. The molecule has 1 saturated carbocycles. The van der Waals surface area contributed by atoms with Gasteiger partial charge >= 0.3 is 0 Å². The summed E-state index contributed by atoms with van der Waals surface area (Å²) in [4.78, 5) is 11.9. The van der Waals surface area contributed by atoms with Crippen molar-refractivity contribution in [1.82, 2.24) is 44.9 Å². The Hall–Kier alpha value is -3.93. The van der Waals surface area contributed by atoms with Gasteiger partial charge in [0.2, 0.25) is 5.95 Å². The zero-order valence-electron chi connectivity index (χ0n) is 31.0. The lowest BCUT2D eigenvalue weighted by Gasteiger charge is -2.42. The number of hydrogen-bond donors (Lipinski definition) is 1. The Labute approximate surface area is 315 Å². The van der Waals surface area contributed by atoms with E-state index in [1.807, 2.05) is 29.9 Å². The maximum Gasteiger partial charge on any atom is 0.257 e. The van der Waals surface area contributed by atoms with Crippen LogP contribution in [0.1, 0.15) is 52.5 Å². The van der Waals surface area contributed by atoms with Crippen LogP contribution >= 0.6 is 11.6 Å². The van der Waals surface area contributed by atoms with Crippen LogP contribution in [0.15, 0.2) is 43.1 Å². The molecule has 288 valence electrons. The number of halogens is 1. The quantitative estimate of drug-likeness (QED) is 0.130. The largest absolute Gasteiger partial charge is 0.487 e. The summed E-state index contributed by atoms with van der Waals surface area (Å²) in [6.07, 6.45) is 11.7. The Morgan fingerprint density at radius 2 is 1.62 bits per heavy atom. The molecule has 4 heterocycles. The second-order valence-corrected chi connectivity index (χ2v) is 14.0. The number of rotatable bonds is 19. The van der Waals surface area contributed by atoms with E-state index >= 15 is 0 Å². The molecular weight excluding hydrogens is 704 g/mol. The van der Waals surface area contributed by atoms with Gasteiger partial charge in [0.1, 0.15) is 30.5 Å². The van der Waals surface area contributed by atoms with E-state index < -0.39 is 0 Å². The standard InChI is InChI=1S/C36H51ClN10O6/c1-25-20-45(21-26(2)52-25)30-6-8-31(9-7-30)47-23-33(35(42-47)51-16-15-50-14-13-49-12-11-48-4)41-36-38-18-29(19-39-36)28-5-10-32(37)34(17-28)53-27(3)22-46-24-40-43-44-46/h5,10,17-19,23-27,30-31H,6-9,11-16,20-22H2,1-4H3,(H,38,39,41)/t25-,26+,27-,30?,31?/m0/s1. The first-order valence-corrected chi connectivity index (χ1v) is 18.7. The Morgan fingerprint density at radius 1 is 0.925 bits per heavy atom. The molecule has 1 aliphatic heterocycles. The Kier molecular flexibility index (Phi) is 14.2. The molecule has 3 aromatic heterocycles. The van der Waals surface area contributed by atoms with Gasteiger partial charge in [-0.1, -0.05) is 17.7 Å². The lowest BCUT2D eigenvalue weighted by Crippen LogP contribution is -2.51. The van der Waals surface area contributed by atoms with E-state index in [2.05, 4.69) is 49.6 Å². The predicted molar refractivity (Wildman–Crippen MR) is 198 cm³/mol. The Bertz CT molecular complexity index is 1660. The average Bonchev–Trinajstić information content (AvgIpc) is 3.82. The fourth-order valence-electron chi connectivity index (χ4n) is 6.84. The SMILES string of the molecule is COCCOCCOCCOc1nn(C2CCC(N3C[C@@H](C)O[C@@H](C)C3)CC2)cc1Nc1ncc(-c2ccc(Cl)c(O[C@@H](C)Cn3cnnn3)c2)cn1. The third kappa shape index (κ3) is 11.3. The van der Waals surface area contributed by atoms with Crippen LogP contribution in [0.4, 0.5) is 11.6 Å². The van der Waals surface area contributed by atoms with Gasteiger partial charge in [0.25, 0.3) is 5.88 Å². The first-order chi connectivity index (χ1) is 25.8. The average molecular weight is 755 g/mol. The van der Waals surface area contributed by atoms with Crippen LogP contribution in [0.5, 0.6) is 11.6 Å². The number of methoxy groups -OCH3 is 1. The van der Waals surface area contributed by atoms with Crippen LogP contribution in [0.25, 0.3) is 11.1 Å². The molecule has 3 atom stereocenters. The van der Waals surface area contributed by atoms with Gasteiger partial charge in [-0.25, -0.2) is 14.6 Å². The van der Waals surface area contributed by atoms with Crippen molar-refractivity contribution >= 4 is 23.2 Å². The Morgan fingerprint density at radius 3 is 2.32 bits per heavy atom. The van der Waals surface area contributed by atoms with Crippen molar-refractivity contribution in [3.63, 3.8) is 0 Å². The molecule has 6 rings (SSSR count). The molecule has 1 N–H and O–H groups in total. The highest BCUT2D eigenvalue weighted by Crippen LogP contribution is 2.36. The summed E-state index contributed by atoms with van der Waals surface area (Å²) in [5, 5.41) is 20.0. The molecule has 2 aliphatic rings. The number of nitrogens with one attached hydrogen (secondary N) is 1. The van der Waals surface area contributed by atoms with E-state index in [0.717, 1.165) is 49.9 Å². The number of hydrogen-bond acceptors (Lipinski definition) is 14. The summed E-state index contributed by atoms with van der Waals surface area (Å²) in [6, 6.07) is 6.42. The summed E-state index contributed by atoms with van der Waals surface area (Å²) in [7, 11) is 1.65. The zero-order valence-corrected chi connectivity index (χ0v) is 31.7. The minimum atomic E-state index is -0.217. The number of benzene rings is 1. The van der Waals surface area contributed by atoms with Crippen molar-refractivity contribution in [2.45, 2.75) is 83.4 Å². The van der Waals surface area contributed by atoms with Gasteiger partial charge in [0.15, 0.2) is 0 Å². The fraction of sp³-hybridized carbons (Fsp3) is 0.611. The van der Waals surface area contributed by atoms with Crippen molar-refractivity contribution in [3.8, 4) is 22.8 Å². The Balaban J connectivity index is 1.09. The second-order valence-electron chi connectivity index (χ2n) is 13.6. The monoisotopic (exact) mass is 754 g/mol. The lowest BCUT2D eigenvalue weighted by molar-refractivity contribution is -0.0852.